The molecular formula is C16H22N4. The maximum absolute atomic E-state index is 4.56. The molecule has 0 aliphatic carbocycles. The van der Waals surface area contributed by atoms with E-state index in [9.17, 15) is 0 Å². The normalized spacial score (nSPS) is 16.6. The molecule has 3 rings (SSSR count). The maximum atomic E-state index is 4.56. The molecule has 0 bridgehead atoms. The second-order valence-corrected chi connectivity index (χ2v) is 5.42. The van der Waals surface area contributed by atoms with E-state index < -0.39 is 0 Å². The van der Waals surface area contributed by atoms with Gasteiger partial charge in [0, 0.05) is 31.2 Å². The molecule has 0 atom stereocenters. The van der Waals surface area contributed by atoms with E-state index in [0.29, 0.717) is 0 Å². The van der Waals surface area contributed by atoms with Crippen LogP contribution in [0.1, 0.15) is 12.8 Å². The summed E-state index contributed by atoms with van der Waals surface area (Å²) in [7, 11) is 2.04. The molecule has 1 saturated heterocycles. The zero-order chi connectivity index (χ0) is 13.8. The molecule has 2 heterocycles. The Hall–Kier alpha value is -1.81. The molecule has 0 radical (unpaired) electrons. The van der Waals surface area contributed by atoms with Gasteiger partial charge >= 0.3 is 0 Å². The Kier molecular flexibility index (Phi) is 4.02. The third-order valence-corrected chi connectivity index (χ3v) is 4.05. The summed E-state index contributed by atoms with van der Waals surface area (Å²) in [6, 6.07) is 10.4. The van der Waals surface area contributed by atoms with E-state index in [4.69, 9.17) is 0 Å². The number of anilines is 1. The van der Waals surface area contributed by atoms with Gasteiger partial charge in [-0.2, -0.15) is 0 Å². The SMILES string of the molecule is CNCC1CCN(c2nccn2-c2ccccc2)CC1. The lowest BCUT2D eigenvalue weighted by molar-refractivity contribution is 0.390. The number of benzene rings is 1. The number of aromatic nitrogens is 2. The van der Waals surface area contributed by atoms with Gasteiger partial charge in [-0.1, -0.05) is 18.2 Å². The first-order valence-corrected chi connectivity index (χ1v) is 7.37. The number of hydrogen-bond acceptors (Lipinski definition) is 3. The molecule has 20 heavy (non-hydrogen) atoms. The van der Waals surface area contributed by atoms with Gasteiger partial charge < -0.3 is 10.2 Å². The molecule has 1 fully saturated rings. The zero-order valence-electron chi connectivity index (χ0n) is 12.0. The summed E-state index contributed by atoms with van der Waals surface area (Å²) >= 11 is 0. The molecule has 0 saturated carbocycles. The van der Waals surface area contributed by atoms with E-state index in [0.717, 1.165) is 31.5 Å². The lowest BCUT2D eigenvalue weighted by Gasteiger charge is -2.32. The standard InChI is InChI=1S/C16H22N4/c1-17-13-14-7-10-19(11-8-14)16-18-9-12-20(16)15-5-3-2-4-6-15/h2-6,9,12,14,17H,7-8,10-11,13H2,1H3. The Morgan fingerprint density at radius 2 is 1.95 bits per heavy atom. The van der Waals surface area contributed by atoms with Crippen molar-refractivity contribution in [3.8, 4) is 5.69 Å². The molecule has 4 nitrogen and oxygen atoms in total. The van der Waals surface area contributed by atoms with E-state index in [1.807, 2.05) is 25.5 Å². The van der Waals surface area contributed by atoms with Gasteiger partial charge in [0.05, 0.1) is 0 Å². The van der Waals surface area contributed by atoms with Crippen LogP contribution in [0.2, 0.25) is 0 Å². The number of rotatable bonds is 4. The highest BCUT2D eigenvalue weighted by Crippen LogP contribution is 2.24. The van der Waals surface area contributed by atoms with Crippen molar-refractivity contribution in [2.75, 3.05) is 31.6 Å². The Labute approximate surface area is 120 Å². The maximum Gasteiger partial charge on any atom is 0.210 e. The van der Waals surface area contributed by atoms with Crippen LogP contribution in [-0.2, 0) is 0 Å². The highest BCUT2D eigenvalue weighted by molar-refractivity contribution is 5.43. The number of nitrogens with zero attached hydrogens (tertiary/aromatic N) is 3. The first-order valence-electron chi connectivity index (χ1n) is 7.37. The van der Waals surface area contributed by atoms with Crippen LogP contribution in [0.4, 0.5) is 5.95 Å². The van der Waals surface area contributed by atoms with E-state index in [-0.39, 0.29) is 0 Å². The zero-order valence-corrected chi connectivity index (χ0v) is 12.0. The van der Waals surface area contributed by atoms with E-state index >= 15 is 0 Å². The second-order valence-electron chi connectivity index (χ2n) is 5.42. The first-order chi connectivity index (χ1) is 9.88. The number of piperidine rings is 1. The second kappa shape index (κ2) is 6.09. The lowest BCUT2D eigenvalue weighted by atomic mass is 9.97. The van der Waals surface area contributed by atoms with Gasteiger partial charge in [-0.15, -0.1) is 0 Å². The molecule has 106 valence electrons. The summed E-state index contributed by atoms with van der Waals surface area (Å²) < 4.78 is 2.18. The van der Waals surface area contributed by atoms with Crippen molar-refractivity contribution in [1.29, 1.82) is 0 Å². The summed E-state index contributed by atoms with van der Waals surface area (Å²) in [6.07, 6.45) is 6.41. The minimum atomic E-state index is 0.802. The Morgan fingerprint density at radius 3 is 2.65 bits per heavy atom. The number of nitrogens with one attached hydrogen (secondary N) is 1. The average Bonchev–Trinajstić information content (AvgIpc) is 2.99. The monoisotopic (exact) mass is 270 g/mol. The molecule has 0 spiro atoms. The summed E-state index contributed by atoms with van der Waals surface area (Å²) in [5, 5.41) is 3.28. The fourth-order valence-corrected chi connectivity index (χ4v) is 2.95. The summed E-state index contributed by atoms with van der Waals surface area (Å²) in [4.78, 5) is 6.96. The minimum absolute atomic E-state index is 0.802. The van der Waals surface area contributed by atoms with Crippen molar-refractivity contribution in [3.63, 3.8) is 0 Å². The van der Waals surface area contributed by atoms with E-state index in [1.165, 1.54) is 18.5 Å². The van der Waals surface area contributed by atoms with Crippen LogP contribution in [0, 0.1) is 5.92 Å². The molecule has 1 aromatic carbocycles. The quantitative estimate of drug-likeness (QED) is 0.925. The average molecular weight is 270 g/mol. The summed E-state index contributed by atoms with van der Waals surface area (Å²) in [5.74, 6) is 1.87. The summed E-state index contributed by atoms with van der Waals surface area (Å²) in [6.45, 7) is 3.31. The van der Waals surface area contributed by atoms with Crippen LogP contribution < -0.4 is 10.2 Å². The van der Waals surface area contributed by atoms with Crippen LogP contribution in [0.25, 0.3) is 5.69 Å². The third kappa shape index (κ3) is 2.70. The summed E-state index contributed by atoms with van der Waals surface area (Å²) in [5.41, 5.74) is 1.18. The smallest absolute Gasteiger partial charge is 0.210 e. The highest BCUT2D eigenvalue weighted by Gasteiger charge is 2.21. The largest absolute Gasteiger partial charge is 0.342 e. The van der Waals surface area contributed by atoms with Crippen LogP contribution in [0.5, 0.6) is 0 Å². The topological polar surface area (TPSA) is 33.1 Å². The van der Waals surface area contributed by atoms with Gasteiger partial charge in [-0.3, -0.25) is 4.57 Å². The van der Waals surface area contributed by atoms with E-state index in [1.54, 1.807) is 0 Å². The molecule has 1 aliphatic rings. The Morgan fingerprint density at radius 1 is 1.20 bits per heavy atom. The van der Waals surface area contributed by atoms with Crippen LogP contribution >= 0.6 is 0 Å². The van der Waals surface area contributed by atoms with Crippen molar-refractivity contribution >= 4 is 5.95 Å². The van der Waals surface area contributed by atoms with Crippen molar-refractivity contribution in [2.45, 2.75) is 12.8 Å². The van der Waals surface area contributed by atoms with Gasteiger partial charge in [0.15, 0.2) is 0 Å². The van der Waals surface area contributed by atoms with Crippen LogP contribution in [0.3, 0.4) is 0 Å². The van der Waals surface area contributed by atoms with Gasteiger partial charge in [0.2, 0.25) is 5.95 Å². The van der Waals surface area contributed by atoms with Gasteiger partial charge in [-0.25, -0.2) is 4.98 Å². The van der Waals surface area contributed by atoms with Crippen molar-refractivity contribution in [3.05, 3.63) is 42.7 Å². The lowest BCUT2D eigenvalue weighted by Crippen LogP contribution is -2.38. The Bertz CT molecular complexity index is 526. The minimum Gasteiger partial charge on any atom is -0.342 e. The fourth-order valence-electron chi connectivity index (χ4n) is 2.95. The number of imidazole rings is 1. The highest BCUT2D eigenvalue weighted by atomic mass is 15.3. The molecular weight excluding hydrogens is 248 g/mol. The van der Waals surface area contributed by atoms with Crippen LogP contribution in [0.15, 0.2) is 42.7 Å². The third-order valence-electron chi connectivity index (χ3n) is 4.05. The molecule has 1 aromatic heterocycles. The van der Waals surface area contributed by atoms with Gasteiger partial charge in [-0.05, 0) is 44.5 Å². The fraction of sp³-hybridized carbons (Fsp3) is 0.438. The predicted octanol–water partition coefficient (Wildman–Crippen LogP) is 2.31. The number of hydrogen-bond donors (Lipinski definition) is 1. The van der Waals surface area contributed by atoms with Crippen LogP contribution in [-0.4, -0.2) is 36.2 Å². The molecule has 2 aromatic rings. The Balaban J connectivity index is 1.75. The molecule has 0 amide bonds. The van der Waals surface area contributed by atoms with E-state index in [2.05, 4.69) is 44.0 Å². The molecule has 0 unspecified atom stereocenters. The molecule has 4 heteroatoms. The van der Waals surface area contributed by atoms with Gasteiger partial charge in [0.1, 0.15) is 0 Å². The van der Waals surface area contributed by atoms with Crippen molar-refractivity contribution < 1.29 is 0 Å². The predicted molar refractivity (Wildman–Crippen MR) is 82.4 cm³/mol. The van der Waals surface area contributed by atoms with Gasteiger partial charge in [0.25, 0.3) is 0 Å². The first kappa shape index (κ1) is 13.2. The number of para-hydroxylation sites is 1. The molecule has 1 N–H and O–H groups in total. The molecule has 1 aliphatic heterocycles. The van der Waals surface area contributed by atoms with Crippen molar-refractivity contribution in [1.82, 2.24) is 14.9 Å². The van der Waals surface area contributed by atoms with Crippen molar-refractivity contribution in [2.24, 2.45) is 5.92 Å².